The average molecular weight is 258 g/mol. The molecule has 0 fully saturated rings. The second-order valence-corrected chi connectivity index (χ2v) is 5.89. The second kappa shape index (κ2) is 6.85. The predicted molar refractivity (Wildman–Crippen MR) is 81.0 cm³/mol. The van der Waals surface area contributed by atoms with Gasteiger partial charge in [-0.05, 0) is 56.2 Å². The molecule has 1 aliphatic rings. The van der Waals surface area contributed by atoms with E-state index in [1.807, 2.05) is 12.3 Å². The van der Waals surface area contributed by atoms with Crippen LogP contribution in [0.4, 0.5) is 0 Å². The average Bonchev–Trinajstić information content (AvgIpc) is 2.38. The summed E-state index contributed by atoms with van der Waals surface area (Å²) in [6.07, 6.45) is 7.94. The molecule has 2 heteroatoms. The zero-order valence-corrected chi connectivity index (χ0v) is 12.4. The number of hydrogen-bond donors (Lipinski definition) is 1. The van der Waals surface area contributed by atoms with Crippen LogP contribution in [0.3, 0.4) is 0 Å². The van der Waals surface area contributed by atoms with Crippen molar-refractivity contribution in [1.82, 2.24) is 10.3 Å². The minimum atomic E-state index is 0.738. The van der Waals surface area contributed by atoms with Crippen LogP contribution in [0.2, 0.25) is 0 Å². The highest BCUT2D eigenvalue weighted by molar-refractivity contribution is 5.19. The molecule has 0 saturated carbocycles. The van der Waals surface area contributed by atoms with Crippen LogP contribution in [-0.2, 0) is 13.0 Å². The number of hydrogen-bond acceptors (Lipinski definition) is 2. The summed E-state index contributed by atoms with van der Waals surface area (Å²) in [4.78, 5) is 4.49. The molecule has 0 aliphatic heterocycles. The first-order chi connectivity index (χ1) is 9.19. The van der Waals surface area contributed by atoms with Crippen LogP contribution in [-0.4, -0.2) is 11.5 Å². The molecule has 0 saturated heterocycles. The number of pyridine rings is 1. The van der Waals surface area contributed by atoms with Gasteiger partial charge >= 0.3 is 0 Å². The molecule has 0 spiro atoms. The van der Waals surface area contributed by atoms with E-state index in [0.29, 0.717) is 0 Å². The van der Waals surface area contributed by atoms with E-state index in [0.717, 1.165) is 31.3 Å². The van der Waals surface area contributed by atoms with Crippen LogP contribution < -0.4 is 5.32 Å². The Morgan fingerprint density at radius 3 is 3.00 bits per heavy atom. The van der Waals surface area contributed by atoms with E-state index >= 15 is 0 Å². The van der Waals surface area contributed by atoms with Crippen LogP contribution in [0.15, 0.2) is 30.0 Å². The van der Waals surface area contributed by atoms with Crippen LogP contribution in [0.25, 0.3) is 0 Å². The first-order valence-electron chi connectivity index (χ1n) is 7.49. The third-order valence-electron chi connectivity index (χ3n) is 3.98. The van der Waals surface area contributed by atoms with Crippen LogP contribution in [0, 0.1) is 11.8 Å². The Labute approximate surface area is 117 Å². The van der Waals surface area contributed by atoms with Gasteiger partial charge in [-0.2, -0.15) is 0 Å². The van der Waals surface area contributed by atoms with E-state index in [2.05, 4.69) is 43.2 Å². The molecule has 0 radical (unpaired) electrons. The molecule has 2 atom stereocenters. The topological polar surface area (TPSA) is 24.9 Å². The summed E-state index contributed by atoms with van der Waals surface area (Å²) in [5, 5.41) is 3.60. The van der Waals surface area contributed by atoms with Gasteiger partial charge < -0.3 is 5.32 Å². The molecule has 19 heavy (non-hydrogen) atoms. The summed E-state index contributed by atoms with van der Waals surface area (Å²) in [5.41, 5.74) is 4.13. The Kier molecular flexibility index (Phi) is 5.15. The standard InChI is InChI=1S/C17H26N2/c1-4-16-6-5-7-19-17(16)12-18-11-15-9-13(2)8-14(3)10-15/h5-8,13,15,18H,4,9-12H2,1-3H3. The lowest BCUT2D eigenvalue weighted by Gasteiger charge is -2.25. The van der Waals surface area contributed by atoms with Crippen molar-refractivity contribution < 1.29 is 0 Å². The Morgan fingerprint density at radius 1 is 1.42 bits per heavy atom. The summed E-state index contributed by atoms with van der Waals surface area (Å²) in [6.45, 7) is 8.78. The van der Waals surface area contributed by atoms with Crippen molar-refractivity contribution in [2.45, 2.75) is 46.6 Å². The summed E-state index contributed by atoms with van der Waals surface area (Å²) in [7, 11) is 0. The molecule has 0 aromatic carbocycles. The molecule has 2 unspecified atom stereocenters. The molecule has 2 rings (SSSR count). The van der Waals surface area contributed by atoms with Gasteiger partial charge in [0.1, 0.15) is 0 Å². The highest BCUT2D eigenvalue weighted by Crippen LogP contribution is 2.27. The quantitative estimate of drug-likeness (QED) is 0.814. The van der Waals surface area contributed by atoms with E-state index in [1.165, 1.54) is 24.1 Å². The van der Waals surface area contributed by atoms with Crippen molar-refractivity contribution in [1.29, 1.82) is 0 Å². The monoisotopic (exact) mass is 258 g/mol. The van der Waals surface area contributed by atoms with E-state index in [9.17, 15) is 0 Å². The van der Waals surface area contributed by atoms with E-state index in [-0.39, 0.29) is 0 Å². The van der Waals surface area contributed by atoms with Crippen molar-refractivity contribution in [2.24, 2.45) is 11.8 Å². The first kappa shape index (κ1) is 14.3. The van der Waals surface area contributed by atoms with Crippen LogP contribution in [0.1, 0.15) is 44.9 Å². The maximum atomic E-state index is 4.49. The van der Waals surface area contributed by atoms with Crippen LogP contribution >= 0.6 is 0 Å². The number of rotatable bonds is 5. The lowest BCUT2D eigenvalue weighted by Crippen LogP contribution is -2.26. The molecule has 1 aromatic rings. The Hall–Kier alpha value is -1.15. The summed E-state index contributed by atoms with van der Waals surface area (Å²) < 4.78 is 0. The highest BCUT2D eigenvalue weighted by Gasteiger charge is 2.17. The predicted octanol–water partition coefficient (Wildman–Crippen LogP) is 3.73. The number of nitrogens with zero attached hydrogens (tertiary/aromatic N) is 1. The van der Waals surface area contributed by atoms with Crippen molar-refractivity contribution in [2.75, 3.05) is 6.54 Å². The molecule has 1 aromatic heterocycles. The van der Waals surface area contributed by atoms with Crippen molar-refractivity contribution in [3.8, 4) is 0 Å². The number of nitrogens with one attached hydrogen (secondary N) is 1. The fourth-order valence-electron chi connectivity index (χ4n) is 3.19. The molecule has 1 aliphatic carbocycles. The van der Waals surface area contributed by atoms with Gasteiger partial charge in [-0.1, -0.05) is 31.6 Å². The molecule has 104 valence electrons. The van der Waals surface area contributed by atoms with E-state index in [4.69, 9.17) is 0 Å². The summed E-state index contributed by atoms with van der Waals surface area (Å²) in [5.74, 6) is 1.52. The van der Waals surface area contributed by atoms with Crippen molar-refractivity contribution in [3.63, 3.8) is 0 Å². The maximum Gasteiger partial charge on any atom is 0.0573 e. The van der Waals surface area contributed by atoms with Gasteiger partial charge in [-0.15, -0.1) is 0 Å². The van der Waals surface area contributed by atoms with Gasteiger partial charge in [-0.25, -0.2) is 0 Å². The minimum Gasteiger partial charge on any atom is -0.311 e. The van der Waals surface area contributed by atoms with Crippen molar-refractivity contribution in [3.05, 3.63) is 41.2 Å². The van der Waals surface area contributed by atoms with Gasteiger partial charge in [0, 0.05) is 12.7 Å². The molecule has 0 amide bonds. The minimum absolute atomic E-state index is 0.738. The first-order valence-corrected chi connectivity index (χ1v) is 7.49. The maximum absolute atomic E-state index is 4.49. The second-order valence-electron chi connectivity index (χ2n) is 5.89. The summed E-state index contributed by atoms with van der Waals surface area (Å²) >= 11 is 0. The fourth-order valence-corrected chi connectivity index (χ4v) is 3.19. The van der Waals surface area contributed by atoms with Gasteiger partial charge in [0.25, 0.3) is 0 Å². The van der Waals surface area contributed by atoms with Crippen LogP contribution in [0.5, 0.6) is 0 Å². The third-order valence-corrected chi connectivity index (χ3v) is 3.98. The van der Waals surface area contributed by atoms with Gasteiger partial charge in [-0.3, -0.25) is 4.98 Å². The van der Waals surface area contributed by atoms with Gasteiger partial charge in [0.05, 0.1) is 5.69 Å². The van der Waals surface area contributed by atoms with Gasteiger partial charge in [0.15, 0.2) is 0 Å². The molecular weight excluding hydrogens is 232 g/mol. The largest absolute Gasteiger partial charge is 0.311 e. The molecule has 1 heterocycles. The number of aromatic nitrogens is 1. The Bertz CT molecular complexity index is 437. The smallest absolute Gasteiger partial charge is 0.0573 e. The highest BCUT2D eigenvalue weighted by atomic mass is 14.9. The Balaban J connectivity index is 1.82. The van der Waals surface area contributed by atoms with E-state index in [1.54, 1.807) is 5.57 Å². The van der Waals surface area contributed by atoms with Crippen molar-refractivity contribution >= 4 is 0 Å². The molecule has 1 N–H and O–H groups in total. The Morgan fingerprint density at radius 2 is 2.26 bits per heavy atom. The number of allylic oxidation sites excluding steroid dienone is 2. The van der Waals surface area contributed by atoms with E-state index < -0.39 is 0 Å². The lowest BCUT2D eigenvalue weighted by molar-refractivity contribution is 0.380. The lowest BCUT2D eigenvalue weighted by atomic mass is 9.84. The zero-order chi connectivity index (χ0) is 13.7. The molecule has 2 nitrogen and oxygen atoms in total. The number of aryl methyl sites for hydroxylation is 1. The normalized spacial score (nSPS) is 23.2. The summed E-state index contributed by atoms with van der Waals surface area (Å²) in [6, 6.07) is 4.21. The SMILES string of the molecule is CCc1cccnc1CNCC1CC(C)=CC(C)C1. The third kappa shape index (κ3) is 4.17. The zero-order valence-electron chi connectivity index (χ0n) is 12.4. The molecule has 0 bridgehead atoms. The fraction of sp³-hybridized carbons (Fsp3) is 0.588. The van der Waals surface area contributed by atoms with Gasteiger partial charge in [0.2, 0.25) is 0 Å². The molecular formula is C17H26N2.